The Balaban J connectivity index is 1.92. The van der Waals surface area contributed by atoms with Crippen molar-refractivity contribution in [3.05, 3.63) is 35.4 Å². The highest BCUT2D eigenvalue weighted by molar-refractivity contribution is 5.81. The number of amides is 1. The molecule has 1 aliphatic carbocycles. The van der Waals surface area contributed by atoms with E-state index in [0.717, 1.165) is 12.8 Å². The van der Waals surface area contributed by atoms with E-state index in [4.69, 9.17) is 5.73 Å². The Labute approximate surface area is 130 Å². The van der Waals surface area contributed by atoms with Crippen molar-refractivity contribution in [1.29, 1.82) is 0 Å². The Kier molecular flexibility index (Phi) is 5.89. The zero-order valence-corrected chi connectivity index (χ0v) is 12.9. The Morgan fingerprint density at radius 3 is 2.45 bits per heavy atom. The number of hydrogen-bond donors (Lipinski definition) is 2. The molecule has 122 valence electrons. The monoisotopic (exact) mass is 310 g/mol. The highest BCUT2D eigenvalue weighted by Gasteiger charge is 2.24. The average molecular weight is 310 g/mol. The predicted octanol–water partition coefficient (Wildman–Crippen LogP) is 3.44. The van der Waals surface area contributed by atoms with Gasteiger partial charge in [0.2, 0.25) is 5.91 Å². The van der Waals surface area contributed by atoms with Gasteiger partial charge in [0.1, 0.15) is 11.6 Å². The van der Waals surface area contributed by atoms with Crippen LogP contribution in [0.1, 0.15) is 57.1 Å². The van der Waals surface area contributed by atoms with Crippen LogP contribution in [0.2, 0.25) is 0 Å². The minimum atomic E-state index is -0.744. The van der Waals surface area contributed by atoms with Gasteiger partial charge in [-0.2, -0.15) is 0 Å². The number of nitrogens with two attached hydrogens (primary N) is 1. The maximum Gasteiger partial charge on any atom is 0.237 e. The molecule has 0 heterocycles. The molecule has 1 saturated carbocycles. The zero-order chi connectivity index (χ0) is 16.1. The van der Waals surface area contributed by atoms with E-state index in [1.165, 1.54) is 37.5 Å². The second kappa shape index (κ2) is 7.68. The summed E-state index contributed by atoms with van der Waals surface area (Å²) in [5.74, 6) is -1.18. The van der Waals surface area contributed by atoms with Gasteiger partial charge in [0.15, 0.2) is 0 Å². The summed E-state index contributed by atoms with van der Waals surface area (Å²) in [7, 11) is 0. The third kappa shape index (κ3) is 4.26. The van der Waals surface area contributed by atoms with Crippen LogP contribution in [0.3, 0.4) is 0 Å². The SMILES string of the molecule is CC(NC(=O)C(N)CC1CCCCC1)c1c(F)cccc1F. The van der Waals surface area contributed by atoms with Crippen molar-refractivity contribution in [1.82, 2.24) is 5.32 Å². The fourth-order valence-electron chi connectivity index (χ4n) is 3.21. The van der Waals surface area contributed by atoms with E-state index in [0.29, 0.717) is 12.3 Å². The molecule has 1 fully saturated rings. The van der Waals surface area contributed by atoms with Gasteiger partial charge in [-0.05, 0) is 31.4 Å². The largest absolute Gasteiger partial charge is 0.348 e. The summed E-state index contributed by atoms with van der Waals surface area (Å²) in [4.78, 5) is 12.1. The number of benzene rings is 1. The van der Waals surface area contributed by atoms with Crippen molar-refractivity contribution in [3.63, 3.8) is 0 Å². The molecule has 3 nitrogen and oxygen atoms in total. The molecule has 1 aromatic rings. The van der Waals surface area contributed by atoms with Crippen molar-refractivity contribution in [2.75, 3.05) is 0 Å². The lowest BCUT2D eigenvalue weighted by Crippen LogP contribution is -2.43. The first kappa shape index (κ1) is 16.9. The van der Waals surface area contributed by atoms with Gasteiger partial charge in [-0.25, -0.2) is 8.78 Å². The molecule has 2 rings (SSSR count). The van der Waals surface area contributed by atoms with E-state index in [-0.39, 0.29) is 11.5 Å². The fourth-order valence-corrected chi connectivity index (χ4v) is 3.21. The summed E-state index contributed by atoms with van der Waals surface area (Å²) in [6, 6.07) is 2.30. The normalized spacial score (nSPS) is 18.7. The van der Waals surface area contributed by atoms with Crippen LogP contribution in [0.25, 0.3) is 0 Å². The van der Waals surface area contributed by atoms with Crippen molar-refractivity contribution in [2.24, 2.45) is 11.7 Å². The van der Waals surface area contributed by atoms with E-state index in [1.54, 1.807) is 6.92 Å². The standard InChI is InChI=1S/C17H24F2N2O/c1-11(16-13(18)8-5-9-14(16)19)21-17(22)15(20)10-12-6-3-2-4-7-12/h5,8-9,11-12,15H,2-4,6-7,10,20H2,1H3,(H,21,22). The van der Waals surface area contributed by atoms with Gasteiger partial charge in [0.25, 0.3) is 0 Å². The summed E-state index contributed by atoms with van der Waals surface area (Å²) in [5, 5.41) is 2.62. The van der Waals surface area contributed by atoms with Crippen molar-refractivity contribution >= 4 is 5.91 Å². The van der Waals surface area contributed by atoms with Crippen LogP contribution in [-0.4, -0.2) is 11.9 Å². The first-order valence-corrected chi connectivity index (χ1v) is 7.99. The molecule has 0 bridgehead atoms. The Morgan fingerprint density at radius 2 is 1.86 bits per heavy atom. The number of hydrogen-bond acceptors (Lipinski definition) is 2. The van der Waals surface area contributed by atoms with Crippen LogP contribution in [-0.2, 0) is 4.79 Å². The fraction of sp³-hybridized carbons (Fsp3) is 0.588. The van der Waals surface area contributed by atoms with Crippen LogP contribution < -0.4 is 11.1 Å². The maximum atomic E-state index is 13.7. The van der Waals surface area contributed by atoms with Gasteiger partial charge in [-0.15, -0.1) is 0 Å². The molecule has 5 heteroatoms. The summed E-state index contributed by atoms with van der Waals surface area (Å²) in [5.41, 5.74) is 5.83. The molecule has 1 aromatic carbocycles. The van der Waals surface area contributed by atoms with Crippen molar-refractivity contribution < 1.29 is 13.6 Å². The number of rotatable bonds is 5. The smallest absolute Gasteiger partial charge is 0.237 e. The number of carbonyl (C=O) groups is 1. The van der Waals surface area contributed by atoms with Crippen LogP contribution in [0.5, 0.6) is 0 Å². The number of carbonyl (C=O) groups excluding carboxylic acids is 1. The van der Waals surface area contributed by atoms with Gasteiger partial charge in [0.05, 0.1) is 12.1 Å². The molecule has 2 atom stereocenters. The molecule has 0 saturated heterocycles. The highest BCUT2D eigenvalue weighted by Crippen LogP contribution is 2.27. The quantitative estimate of drug-likeness (QED) is 0.875. The van der Waals surface area contributed by atoms with Gasteiger partial charge in [0, 0.05) is 5.56 Å². The minimum Gasteiger partial charge on any atom is -0.348 e. The topological polar surface area (TPSA) is 55.1 Å². The Bertz CT molecular complexity index is 495. The molecule has 1 aliphatic rings. The molecule has 3 N–H and O–H groups in total. The van der Waals surface area contributed by atoms with Gasteiger partial charge in [-0.1, -0.05) is 38.2 Å². The average Bonchev–Trinajstić information content (AvgIpc) is 2.48. The van der Waals surface area contributed by atoms with Gasteiger partial charge < -0.3 is 11.1 Å². The van der Waals surface area contributed by atoms with E-state index in [2.05, 4.69) is 5.32 Å². The lowest BCUT2D eigenvalue weighted by molar-refractivity contribution is -0.123. The molecular formula is C17H24F2N2O. The van der Waals surface area contributed by atoms with E-state index in [9.17, 15) is 13.6 Å². The molecule has 0 radical (unpaired) electrons. The Morgan fingerprint density at radius 1 is 1.27 bits per heavy atom. The second-order valence-electron chi connectivity index (χ2n) is 6.21. The Hall–Kier alpha value is -1.49. The van der Waals surface area contributed by atoms with Crippen molar-refractivity contribution in [3.8, 4) is 0 Å². The molecule has 2 unspecified atom stereocenters. The number of halogens is 2. The van der Waals surface area contributed by atoms with E-state index >= 15 is 0 Å². The highest BCUT2D eigenvalue weighted by atomic mass is 19.1. The lowest BCUT2D eigenvalue weighted by atomic mass is 9.85. The molecular weight excluding hydrogens is 286 g/mol. The molecule has 0 spiro atoms. The third-order valence-corrected chi connectivity index (χ3v) is 4.44. The second-order valence-corrected chi connectivity index (χ2v) is 6.21. The lowest BCUT2D eigenvalue weighted by Gasteiger charge is -2.25. The zero-order valence-electron chi connectivity index (χ0n) is 12.9. The van der Waals surface area contributed by atoms with Crippen LogP contribution in [0.4, 0.5) is 8.78 Å². The van der Waals surface area contributed by atoms with Gasteiger partial charge >= 0.3 is 0 Å². The summed E-state index contributed by atoms with van der Waals surface area (Å²) in [6.07, 6.45) is 6.49. The van der Waals surface area contributed by atoms with Crippen LogP contribution >= 0.6 is 0 Å². The summed E-state index contributed by atoms with van der Waals surface area (Å²) >= 11 is 0. The molecule has 22 heavy (non-hydrogen) atoms. The van der Waals surface area contributed by atoms with E-state index < -0.39 is 23.7 Å². The van der Waals surface area contributed by atoms with Crippen molar-refractivity contribution in [2.45, 2.75) is 57.5 Å². The summed E-state index contributed by atoms with van der Waals surface area (Å²) < 4.78 is 27.4. The predicted molar refractivity (Wildman–Crippen MR) is 82.1 cm³/mol. The van der Waals surface area contributed by atoms with Crippen LogP contribution in [0.15, 0.2) is 18.2 Å². The third-order valence-electron chi connectivity index (χ3n) is 4.44. The minimum absolute atomic E-state index is 0.124. The first-order valence-electron chi connectivity index (χ1n) is 7.99. The van der Waals surface area contributed by atoms with Crippen LogP contribution in [0, 0.1) is 17.6 Å². The molecule has 0 aliphatic heterocycles. The summed E-state index contributed by atoms with van der Waals surface area (Å²) in [6.45, 7) is 1.56. The molecule has 0 aromatic heterocycles. The first-order chi connectivity index (χ1) is 10.5. The number of nitrogens with one attached hydrogen (secondary N) is 1. The van der Waals surface area contributed by atoms with E-state index in [1.807, 2.05) is 0 Å². The maximum absolute atomic E-state index is 13.7. The molecule has 1 amide bonds. The van der Waals surface area contributed by atoms with Gasteiger partial charge in [-0.3, -0.25) is 4.79 Å².